The van der Waals surface area contributed by atoms with Crippen molar-refractivity contribution in [2.75, 3.05) is 12.4 Å². The van der Waals surface area contributed by atoms with Gasteiger partial charge < -0.3 is 20.5 Å². The molecule has 2 amide bonds. The number of hydrogen-bond donors (Lipinski definition) is 3. The number of amides is 2. The molecule has 1 fully saturated rings. The van der Waals surface area contributed by atoms with E-state index in [0.717, 1.165) is 12.8 Å². The van der Waals surface area contributed by atoms with Crippen LogP contribution in [0.3, 0.4) is 0 Å². The maximum absolute atomic E-state index is 11.8. The SMILES string of the molecule is CCC1CC1NC(=O)Nc1ccc(OC)cc1C(=O)O. The number of anilines is 1. The molecule has 0 bridgehead atoms. The van der Waals surface area contributed by atoms with Crippen molar-refractivity contribution in [3.63, 3.8) is 0 Å². The van der Waals surface area contributed by atoms with Crippen molar-refractivity contribution >= 4 is 17.7 Å². The summed E-state index contributed by atoms with van der Waals surface area (Å²) in [4.78, 5) is 23.0. The molecule has 1 aliphatic carbocycles. The fourth-order valence-corrected chi connectivity index (χ4v) is 2.14. The predicted molar refractivity (Wildman–Crippen MR) is 74.3 cm³/mol. The average Bonchev–Trinajstić information content (AvgIpc) is 3.17. The maximum Gasteiger partial charge on any atom is 0.337 e. The first-order valence-corrected chi connectivity index (χ1v) is 6.54. The van der Waals surface area contributed by atoms with Gasteiger partial charge in [-0.1, -0.05) is 13.3 Å². The van der Waals surface area contributed by atoms with Crippen LogP contribution in [0, 0.1) is 5.92 Å². The minimum atomic E-state index is -1.11. The Hall–Kier alpha value is -2.24. The van der Waals surface area contributed by atoms with Gasteiger partial charge in [-0.05, 0) is 30.5 Å². The molecule has 0 spiro atoms. The minimum absolute atomic E-state index is 0.00217. The van der Waals surface area contributed by atoms with Crippen LogP contribution < -0.4 is 15.4 Å². The van der Waals surface area contributed by atoms with Crippen LogP contribution >= 0.6 is 0 Å². The molecule has 2 unspecified atom stereocenters. The van der Waals surface area contributed by atoms with Gasteiger partial charge in [0, 0.05) is 6.04 Å². The van der Waals surface area contributed by atoms with E-state index in [9.17, 15) is 9.59 Å². The number of hydrogen-bond acceptors (Lipinski definition) is 3. The van der Waals surface area contributed by atoms with E-state index in [4.69, 9.17) is 9.84 Å². The first-order valence-electron chi connectivity index (χ1n) is 6.54. The van der Waals surface area contributed by atoms with Gasteiger partial charge >= 0.3 is 12.0 Å². The predicted octanol–water partition coefficient (Wildman–Crippen LogP) is 2.31. The summed E-state index contributed by atoms with van der Waals surface area (Å²) >= 11 is 0. The van der Waals surface area contributed by atoms with E-state index < -0.39 is 5.97 Å². The number of carbonyl (C=O) groups excluding carboxylic acids is 1. The Morgan fingerprint density at radius 2 is 2.20 bits per heavy atom. The van der Waals surface area contributed by atoms with Gasteiger partial charge in [-0.15, -0.1) is 0 Å². The third-order valence-electron chi connectivity index (χ3n) is 3.47. The summed E-state index contributed by atoms with van der Waals surface area (Å²) in [6, 6.07) is 4.33. The van der Waals surface area contributed by atoms with E-state index in [2.05, 4.69) is 17.6 Å². The third-order valence-corrected chi connectivity index (χ3v) is 3.47. The van der Waals surface area contributed by atoms with Crippen LogP contribution in [-0.2, 0) is 0 Å². The molecule has 108 valence electrons. The van der Waals surface area contributed by atoms with Crippen molar-refractivity contribution in [1.82, 2.24) is 5.32 Å². The molecule has 1 aromatic rings. The summed E-state index contributed by atoms with van der Waals surface area (Å²) in [5.41, 5.74) is 0.256. The number of urea groups is 1. The first-order chi connectivity index (χ1) is 9.55. The van der Waals surface area contributed by atoms with Gasteiger partial charge in [0.15, 0.2) is 0 Å². The van der Waals surface area contributed by atoms with Crippen molar-refractivity contribution in [3.05, 3.63) is 23.8 Å². The van der Waals surface area contributed by atoms with Crippen molar-refractivity contribution in [2.24, 2.45) is 5.92 Å². The minimum Gasteiger partial charge on any atom is -0.497 e. The lowest BCUT2D eigenvalue weighted by atomic mass is 10.1. The number of carboxylic acids is 1. The normalized spacial score (nSPS) is 20.1. The lowest BCUT2D eigenvalue weighted by Gasteiger charge is -2.11. The Labute approximate surface area is 117 Å². The van der Waals surface area contributed by atoms with Crippen molar-refractivity contribution in [2.45, 2.75) is 25.8 Å². The Morgan fingerprint density at radius 3 is 2.75 bits per heavy atom. The fourth-order valence-electron chi connectivity index (χ4n) is 2.14. The zero-order valence-electron chi connectivity index (χ0n) is 11.5. The number of carbonyl (C=O) groups is 2. The summed E-state index contributed by atoms with van der Waals surface area (Å²) in [6.07, 6.45) is 2.02. The molecule has 1 saturated carbocycles. The summed E-state index contributed by atoms with van der Waals surface area (Å²) in [5.74, 6) is -0.144. The number of ether oxygens (including phenoxy) is 1. The van der Waals surface area contributed by atoms with E-state index >= 15 is 0 Å². The smallest absolute Gasteiger partial charge is 0.337 e. The first kappa shape index (κ1) is 14.2. The highest BCUT2D eigenvalue weighted by molar-refractivity contribution is 6.00. The van der Waals surface area contributed by atoms with Gasteiger partial charge in [0.25, 0.3) is 0 Å². The number of rotatable bonds is 5. The molecule has 0 aromatic heterocycles. The highest BCUT2D eigenvalue weighted by Crippen LogP contribution is 2.33. The molecule has 6 nitrogen and oxygen atoms in total. The molecular weight excluding hydrogens is 260 g/mol. The van der Waals surface area contributed by atoms with Crippen LogP contribution in [0.5, 0.6) is 5.75 Å². The number of methoxy groups -OCH3 is 1. The quantitative estimate of drug-likeness (QED) is 0.771. The molecule has 1 aliphatic rings. The largest absolute Gasteiger partial charge is 0.497 e. The Morgan fingerprint density at radius 1 is 1.45 bits per heavy atom. The molecule has 1 aromatic carbocycles. The number of benzene rings is 1. The zero-order valence-corrected chi connectivity index (χ0v) is 11.5. The number of nitrogens with one attached hydrogen (secondary N) is 2. The van der Waals surface area contributed by atoms with Gasteiger partial charge in [0.05, 0.1) is 18.4 Å². The molecule has 0 radical (unpaired) electrons. The molecule has 2 rings (SSSR count). The molecule has 0 aliphatic heterocycles. The lowest BCUT2D eigenvalue weighted by molar-refractivity contribution is 0.0697. The molecule has 2 atom stereocenters. The van der Waals surface area contributed by atoms with E-state index in [-0.39, 0.29) is 23.3 Å². The molecule has 20 heavy (non-hydrogen) atoms. The van der Waals surface area contributed by atoms with E-state index in [1.54, 1.807) is 6.07 Å². The molecular formula is C14H18N2O4. The average molecular weight is 278 g/mol. The van der Waals surface area contributed by atoms with Crippen LogP contribution in [0.1, 0.15) is 30.1 Å². The van der Waals surface area contributed by atoms with Crippen LogP contribution in [0.15, 0.2) is 18.2 Å². The molecule has 0 saturated heterocycles. The summed E-state index contributed by atoms with van der Waals surface area (Å²) in [5, 5.41) is 14.5. The summed E-state index contributed by atoms with van der Waals surface area (Å²) in [7, 11) is 1.46. The van der Waals surface area contributed by atoms with E-state index in [1.165, 1.54) is 19.2 Å². The van der Waals surface area contributed by atoms with Gasteiger partial charge in [-0.25, -0.2) is 9.59 Å². The summed E-state index contributed by atoms with van der Waals surface area (Å²) < 4.78 is 4.98. The number of carboxylic acid groups (broad SMARTS) is 1. The van der Waals surface area contributed by atoms with Gasteiger partial charge in [-0.2, -0.15) is 0 Å². The second-order valence-corrected chi connectivity index (χ2v) is 4.83. The molecule has 6 heteroatoms. The van der Waals surface area contributed by atoms with E-state index in [1.807, 2.05) is 0 Å². The standard InChI is InChI=1S/C14H18N2O4/c1-3-8-6-12(8)16-14(19)15-11-5-4-9(20-2)7-10(11)13(17)18/h4-5,7-8,12H,3,6H2,1-2H3,(H,17,18)(H2,15,16,19). The van der Waals surface area contributed by atoms with Crippen LogP contribution in [-0.4, -0.2) is 30.3 Å². The highest BCUT2D eigenvalue weighted by atomic mass is 16.5. The van der Waals surface area contributed by atoms with Gasteiger partial charge in [0.1, 0.15) is 5.75 Å². The Kier molecular flexibility index (Phi) is 4.12. The van der Waals surface area contributed by atoms with Crippen LogP contribution in [0.25, 0.3) is 0 Å². The van der Waals surface area contributed by atoms with Gasteiger partial charge in [0.2, 0.25) is 0 Å². The van der Waals surface area contributed by atoms with E-state index in [0.29, 0.717) is 11.7 Å². The fraction of sp³-hybridized carbons (Fsp3) is 0.429. The second-order valence-electron chi connectivity index (χ2n) is 4.83. The summed E-state index contributed by atoms with van der Waals surface area (Å²) in [6.45, 7) is 2.08. The number of aromatic carboxylic acids is 1. The lowest BCUT2D eigenvalue weighted by Crippen LogP contribution is -2.32. The monoisotopic (exact) mass is 278 g/mol. The molecule has 3 N–H and O–H groups in total. The van der Waals surface area contributed by atoms with Crippen LogP contribution in [0.4, 0.5) is 10.5 Å². The Balaban J connectivity index is 2.04. The van der Waals surface area contributed by atoms with Crippen molar-refractivity contribution in [1.29, 1.82) is 0 Å². The zero-order chi connectivity index (χ0) is 14.7. The van der Waals surface area contributed by atoms with Crippen LogP contribution in [0.2, 0.25) is 0 Å². The third kappa shape index (κ3) is 3.20. The van der Waals surface area contributed by atoms with Gasteiger partial charge in [-0.3, -0.25) is 0 Å². The molecule has 0 heterocycles. The maximum atomic E-state index is 11.8. The van der Waals surface area contributed by atoms with Crippen molar-refractivity contribution in [3.8, 4) is 5.75 Å². The van der Waals surface area contributed by atoms with Crippen molar-refractivity contribution < 1.29 is 19.4 Å². The second kappa shape index (κ2) is 5.81. The topological polar surface area (TPSA) is 87.7 Å². The Bertz CT molecular complexity index is 530. The highest BCUT2D eigenvalue weighted by Gasteiger charge is 2.36.